The van der Waals surface area contributed by atoms with Crippen LogP contribution in [0.25, 0.3) is 0 Å². The van der Waals surface area contributed by atoms with Gasteiger partial charge in [0.05, 0.1) is 0 Å². The third-order valence-electron chi connectivity index (χ3n) is 2.97. The fourth-order valence-corrected chi connectivity index (χ4v) is 2.03. The van der Waals surface area contributed by atoms with Gasteiger partial charge in [0.2, 0.25) is 0 Å². The first-order chi connectivity index (χ1) is 6.72. The highest BCUT2D eigenvalue weighted by Crippen LogP contribution is 2.23. The lowest BCUT2D eigenvalue weighted by atomic mass is 9.94. The van der Waals surface area contributed by atoms with Crippen molar-refractivity contribution in [3.05, 3.63) is 35.1 Å². The lowest BCUT2D eigenvalue weighted by Gasteiger charge is -2.33. The Kier molecular flexibility index (Phi) is 2.52. The van der Waals surface area contributed by atoms with Gasteiger partial charge >= 0.3 is 0 Å². The third-order valence-corrected chi connectivity index (χ3v) is 2.97. The zero-order chi connectivity index (χ0) is 10.1. The molecule has 0 aliphatic carbocycles. The van der Waals surface area contributed by atoms with Gasteiger partial charge in [-0.3, -0.25) is 4.90 Å². The van der Waals surface area contributed by atoms with Crippen LogP contribution in [0.5, 0.6) is 0 Å². The van der Waals surface area contributed by atoms with E-state index in [9.17, 15) is 4.39 Å². The molecule has 0 fully saturated rings. The Morgan fingerprint density at radius 1 is 1.57 bits per heavy atom. The molecule has 2 N–H and O–H groups in total. The summed E-state index contributed by atoms with van der Waals surface area (Å²) in [5.41, 5.74) is 7.58. The molecule has 14 heavy (non-hydrogen) atoms. The number of hydrogen-bond acceptors (Lipinski definition) is 2. The zero-order valence-corrected chi connectivity index (χ0v) is 8.33. The van der Waals surface area contributed by atoms with Crippen molar-refractivity contribution in [1.82, 2.24) is 4.90 Å². The summed E-state index contributed by atoms with van der Waals surface area (Å²) >= 11 is 0. The van der Waals surface area contributed by atoms with E-state index in [0.717, 1.165) is 24.1 Å². The highest BCUT2D eigenvalue weighted by atomic mass is 19.1. The maximum atomic E-state index is 13.4. The lowest BCUT2D eigenvalue weighted by Crippen LogP contribution is -2.42. The molecule has 1 aliphatic heterocycles. The van der Waals surface area contributed by atoms with Crippen LogP contribution in [-0.2, 0) is 13.0 Å². The second kappa shape index (κ2) is 3.67. The summed E-state index contributed by atoms with van der Waals surface area (Å²) in [5, 5.41) is 0. The number of rotatable bonds is 1. The molecule has 2 nitrogen and oxygen atoms in total. The minimum Gasteiger partial charge on any atom is -0.329 e. The summed E-state index contributed by atoms with van der Waals surface area (Å²) in [6.45, 7) is 1.39. The second-order valence-electron chi connectivity index (χ2n) is 3.89. The molecule has 1 aromatic carbocycles. The van der Waals surface area contributed by atoms with Crippen LogP contribution in [0.3, 0.4) is 0 Å². The van der Waals surface area contributed by atoms with Crippen molar-refractivity contribution in [3.8, 4) is 0 Å². The van der Waals surface area contributed by atoms with Crippen LogP contribution >= 0.6 is 0 Å². The Morgan fingerprint density at radius 3 is 3.07 bits per heavy atom. The molecule has 0 aromatic heterocycles. The van der Waals surface area contributed by atoms with Crippen LogP contribution in [0.2, 0.25) is 0 Å². The molecule has 0 spiro atoms. The third kappa shape index (κ3) is 1.53. The molecule has 0 bridgehead atoms. The summed E-state index contributed by atoms with van der Waals surface area (Å²) in [6, 6.07) is 5.56. The fraction of sp³-hybridized carbons (Fsp3) is 0.455. The van der Waals surface area contributed by atoms with Crippen LogP contribution in [0.1, 0.15) is 11.1 Å². The average Bonchev–Trinajstić information content (AvgIpc) is 2.17. The van der Waals surface area contributed by atoms with Gasteiger partial charge in [0.25, 0.3) is 0 Å². The molecule has 0 saturated carbocycles. The minimum atomic E-state index is -0.0888. The zero-order valence-electron chi connectivity index (χ0n) is 8.33. The Morgan fingerprint density at radius 2 is 2.36 bits per heavy atom. The van der Waals surface area contributed by atoms with Crippen molar-refractivity contribution >= 4 is 0 Å². The largest absolute Gasteiger partial charge is 0.329 e. The molecule has 0 saturated heterocycles. The van der Waals surface area contributed by atoms with Gasteiger partial charge < -0.3 is 5.73 Å². The summed E-state index contributed by atoms with van der Waals surface area (Å²) in [5.74, 6) is -0.0888. The smallest absolute Gasteiger partial charge is 0.126 e. The number of nitrogens with zero attached hydrogens (tertiary/aromatic N) is 1. The number of halogens is 1. The van der Waals surface area contributed by atoms with Gasteiger partial charge in [-0.25, -0.2) is 4.39 Å². The van der Waals surface area contributed by atoms with E-state index in [2.05, 4.69) is 4.90 Å². The first kappa shape index (κ1) is 9.62. The predicted octanol–water partition coefficient (Wildman–Crippen LogP) is 1.14. The van der Waals surface area contributed by atoms with Gasteiger partial charge in [-0.2, -0.15) is 0 Å². The summed E-state index contributed by atoms with van der Waals surface area (Å²) < 4.78 is 13.4. The van der Waals surface area contributed by atoms with E-state index in [1.54, 1.807) is 6.07 Å². The number of likely N-dealkylation sites (N-methyl/N-ethyl adjacent to an activating group) is 1. The molecule has 2 rings (SSSR count). The highest BCUT2D eigenvalue weighted by molar-refractivity contribution is 5.31. The van der Waals surface area contributed by atoms with Crippen molar-refractivity contribution in [2.24, 2.45) is 5.73 Å². The summed E-state index contributed by atoms with van der Waals surface area (Å²) in [7, 11) is 2.03. The van der Waals surface area contributed by atoms with E-state index in [1.807, 2.05) is 13.1 Å². The van der Waals surface area contributed by atoms with Crippen LogP contribution in [0.15, 0.2) is 18.2 Å². The van der Waals surface area contributed by atoms with Gasteiger partial charge in [0, 0.05) is 19.1 Å². The monoisotopic (exact) mass is 194 g/mol. The van der Waals surface area contributed by atoms with Gasteiger partial charge in [-0.15, -0.1) is 0 Å². The summed E-state index contributed by atoms with van der Waals surface area (Å²) in [4.78, 5) is 2.18. The Balaban J connectivity index is 2.36. The van der Waals surface area contributed by atoms with E-state index in [1.165, 1.54) is 6.07 Å². The second-order valence-corrected chi connectivity index (χ2v) is 3.89. The van der Waals surface area contributed by atoms with Crippen molar-refractivity contribution in [1.29, 1.82) is 0 Å². The molecule has 0 radical (unpaired) electrons. The predicted molar refractivity (Wildman–Crippen MR) is 54.4 cm³/mol. The van der Waals surface area contributed by atoms with Crippen molar-refractivity contribution in [3.63, 3.8) is 0 Å². The van der Waals surface area contributed by atoms with E-state index in [-0.39, 0.29) is 11.9 Å². The van der Waals surface area contributed by atoms with Gasteiger partial charge in [0.15, 0.2) is 0 Å². The molecular weight excluding hydrogens is 179 g/mol. The van der Waals surface area contributed by atoms with Crippen LogP contribution in [0, 0.1) is 5.82 Å². The normalized spacial score (nSPS) is 22.1. The number of benzene rings is 1. The molecule has 0 amide bonds. The van der Waals surface area contributed by atoms with Crippen molar-refractivity contribution in [2.45, 2.75) is 19.0 Å². The SMILES string of the molecule is CN1Cc2cccc(F)c2CC1CN. The van der Waals surface area contributed by atoms with Crippen LogP contribution < -0.4 is 5.73 Å². The number of hydrogen-bond donors (Lipinski definition) is 1. The molecule has 1 unspecified atom stereocenters. The maximum Gasteiger partial charge on any atom is 0.126 e. The van der Waals surface area contributed by atoms with Gasteiger partial charge in [-0.05, 0) is 30.7 Å². The number of fused-ring (bicyclic) bond motifs is 1. The quantitative estimate of drug-likeness (QED) is 0.726. The van der Waals surface area contributed by atoms with E-state index < -0.39 is 0 Å². The van der Waals surface area contributed by atoms with Gasteiger partial charge in [-0.1, -0.05) is 12.1 Å². The maximum absolute atomic E-state index is 13.4. The first-order valence-corrected chi connectivity index (χ1v) is 4.89. The highest BCUT2D eigenvalue weighted by Gasteiger charge is 2.23. The standard InChI is InChI=1S/C11H15FN2/c1-14-7-8-3-2-4-11(12)10(8)5-9(14)6-13/h2-4,9H,5-7,13H2,1H3. The van der Waals surface area contributed by atoms with Gasteiger partial charge in [0.1, 0.15) is 5.82 Å². The number of nitrogens with two attached hydrogens (primary N) is 1. The van der Waals surface area contributed by atoms with Crippen LogP contribution in [-0.4, -0.2) is 24.5 Å². The molecular formula is C11H15FN2. The molecule has 1 aliphatic rings. The average molecular weight is 194 g/mol. The molecule has 1 heterocycles. The van der Waals surface area contributed by atoms with Crippen LogP contribution in [0.4, 0.5) is 4.39 Å². The molecule has 76 valence electrons. The molecule has 3 heteroatoms. The fourth-order valence-electron chi connectivity index (χ4n) is 2.03. The Hall–Kier alpha value is -0.930. The Bertz CT molecular complexity index is 338. The van der Waals surface area contributed by atoms with E-state index in [4.69, 9.17) is 5.73 Å². The van der Waals surface area contributed by atoms with E-state index in [0.29, 0.717) is 6.54 Å². The topological polar surface area (TPSA) is 29.3 Å². The van der Waals surface area contributed by atoms with Crippen molar-refractivity contribution < 1.29 is 4.39 Å². The first-order valence-electron chi connectivity index (χ1n) is 4.89. The lowest BCUT2D eigenvalue weighted by molar-refractivity contribution is 0.218. The Labute approximate surface area is 83.5 Å². The molecule has 1 aromatic rings. The summed E-state index contributed by atoms with van der Waals surface area (Å²) in [6.07, 6.45) is 0.731. The van der Waals surface area contributed by atoms with E-state index >= 15 is 0 Å². The van der Waals surface area contributed by atoms with Crippen molar-refractivity contribution in [2.75, 3.05) is 13.6 Å². The minimum absolute atomic E-state index is 0.0888. The molecule has 1 atom stereocenters.